The first-order chi connectivity index (χ1) is 6.68. The molecule has 0 aliphatic heterocycles. The fraction of sp³-hybridized carbons (Fsp3) is 0.222. The minimum atomic E-state index is 0.660. The van der Waals surface area contributed by atoms with E-state index in [1.165, 1.54) is 0 Å². The third-order valence-electron chi connectivity index (χ3n) is 2.05. The van der Waals surface area contributed by atoms with Crippen LogP contribution in [0.15, 0.2) is 18.3 Å². The van der Waals surface area contributed by atoms with Crippen LogP contribution in [-0.2, 0) is 0 Å². The van der Waals surface area contributed by atoms with E-state index in [0.717, 1.165) is 11.4 Å². The SMILES string of the molecule is Cc1ccc(-n2ncc(N)c2C)nn1. The van der Waals surface area contributed by atoms with Crippen molar-refractivity contribution < 1.29 is 0 Å². The number of anilines is 1. The molecule has 0 bridgehead atoms. The molecule has 0 aliphatic rings. The first kappa shape index (κ1) is 8.68. The molecule has 0 amide bonds. The molecule has 14 heavy (non-hydrogen) atoms. The van der Waals surface area contributed by atoms with Crippen LogP contribution < -0.4 is 5.73 Å². The van der Waals surface area contributed by atoms with E-state index in [1.807, 2.05) is 26.0 Å². The zero-order valence-corrected chi connectivity index (χ0v) is 8.10. The Labute approximate surface area is 81.6 Å². The van der Waals surface area contributed by atoms with Crippen molar-refractivity contribution in [3.63, 3.8) is 0 Å². The average Bonchev–Trinajstić information content (AvgIpc) is 2.50. The van der Waals surface area contributed by atoms with Gasteiger partial charge >= 0.3 is 0 Å². The lowest BCUT2D eigenvalue weighted by molar-refractivity contribution is 0.784. The second kappa shape index (κ2) is 3.10. The number of aromatic nitrogens is 4. The summed E-state index contributed by atoms with van der Waals surface area (Å²) in [6, 6.07) is 3.75. The fourth-order valence-corrected chi connectivity index (χ4v) is 1.16. The summed E-state index contributed by atoms with van der Waals surface area (Å²) in [4.78, 5) is 0. The number of hydrogen-bond acceptors (Lipinski definition) is 4. The van der Waals surface area contributed by atoms with E-state index in [-0.39, 0.29) is 0 Å². The van der Waals surface area contributed by atoms with Crippen LogP contribution in [0.1, 0.15) is 11.4 Å². The van der Waals surface area contributed by atoms with Gasteiger partial charge in [0.1, 0.15) is 0 Å². The molecule has 0 spiro atoms. The van der Waals surface area contributed by atoms with Crippen molar-refractivity contribution in [2.75, 3.05) is 5.73 Å². The second-order valence-corrected chi connectivity index (χ2v) is 3.13. The normalized spacial score (nSPS) is 10.4. The van der Waals surface area contributed by atoms with Gasteiger partial charge in [-0.05, 0) is 26.0 Å². The molecular formula is C9H11N5. The molecule has 2 rings (SSSR count). The second-order valence-electron chi connectivity index (χ2n) is 3.13. The molecule has 0 atom stereocenters. The maximum atomic E-state index is 5.68. The Hall–Kier alpha value is -1.91. The predicted octanol–water partition coefficient (Wildman–Crippen LogP) is 0.861. The zero-order chi connectivity index (χ0) is 10.1. The Morgan fingerprint density at radius 3 is 2.50 bits per heavy atom. The van der Waals surface area contributed by atoms with Crippen molar-refractivity contribution in [1.29, 1.82) is 0 Å². The number of aryl methyl sites for hydroxylation is 1. The van der Waals surface area contributed by atoms with E-state index in [2.05, 4.69) is 15.3 Å². The molecule has 0 fully saturated rings. The molecule has 0 aromatic carbocycles. The fourth-order valence-electron chi connectivity index (χ4n) is 1.16. The molecule has 2 N–H and O–H groups in total. The van der Waals surface area contributed by atoms with Gasteiger partial charge in [0, 0.05) is 0 Å². The molecule has 72 valence electrons. The minimum Gasteiger partial charge on any atom is -0.396 e. The van der Waals surface area contributed by atoms with Crippen molar-refractivity contribution in [3.8, 4) is 5.82 Å². The van der Waals surface area contributed by atoms with E-state index in [0.29, 0.717) is 11.5 Å². The molecule has 0 radical (unpaired) electrons. The molecule has 0 unspecified atom stereocenters. The van der Waals surface area contributed by atoms with E-state index < -0.39 is 0 Å². The van der Waals surface area contributed by atoms with Gasteiger partial charge in [-0.1, -0.05) is 0 Å². The smallest absolute Gasteiger partial charge is 0.176 e. The lowest BCUT2D eigenvalue weighted by atomic mass is 10.4. The van der Waals surface area contributed by atoms with Crippen LogP contribution in [-0.4, -0.2) is 20.0 Å². The van der Waals surface area contributed by atoms with Gasteiger partial charge in [0.15, 0.2) is 5.82 Å². The maximum absolute atomic E-state index is 5.68. The summed E-state index contributed by atoms with van der Waals surface area (Å²) >= 11 is 0. The summed E-state index contributed by atoms with van der Waals surface area (Å²) in [5.74, 6) is 0.685. The first-order valence-corrected chi connectivity index (χ1v) is 4.29. The third-order valence-corrected chi connectivity index (χ3v) is 2.05. The predicted molar refractivity (Wildman–Crippen MR) is 53.0 cm³/mol. The number of rotatable bonds is 1. The number of nitrogens with two attached hydrogens (primary N) is 1. The maximum Gasteiger partial charge on any atom is 0.176 e. The van der Waals surface area contributed by atoms with Gasteiger partial charge < -0.3 is 5.73 Å². The molecule has 2 aromatic heterocycles. The molecule has 2 aromatic rings. The highest BCUT2D eigenvalue weighted by Gasteiger charge is 2.05. The standard InChI is InChI=1S/C9H11N5/c1-6-3-4-9(13-12-6)14-7(2)8(10)5-11-14/h3-5H,10H2,1-2H3. The van der Waals surface area contributed by atoms with E-state index in [1.54, 1.807) is 10.9 Å². The Morgan fingerprint density at radius 2 is 2.00 bits per heavy atom. The van der Waals surface area contributed by atoms with Gasteiger partial charge in [-0.15, -0.1) is 5.10 Å². The lowest BCUT2D eigenvalue weighted by Gasteiger charge is -2.01. The van der Waals surface area contributed by atoms with Crippen LogP contribution in [0.4, 0.5) is 5.69 Å². The summed E-state index contributed by atoms with van der Waals surface area (Å²) in [5, 5.41) is 12.1. The van der Waals surface area contributed by atoms with Crippen molar-refractivity contribution >= 4 is 5.69 Å². The topological polar surface area (TPSA) is 69.6 Å². The molecule has 0 saturated carbocycles. The molecule has 2 heterocycles. The van der Waals surface area contributed by atoms with Crippen LogP contribution in [0.25, 0.3) is 5.82 Å². The van der Waals surface area contributed by atoms with E-state index in [9.17, 15) is 0 Å². The molecule has 5 nitrogen and oxygen atoms in total. The van der Waals surface area contributed by atoms with Crippen molar-refractivity contribution in [3.05, 3.63) is 29.7 Å². The highest BCUT2D eigenvalue weighted by Crippen LogP contribution is 2.12. The van der Waals surface area contributed by atoms with Crippen molar-refractivity contribution in [2.45, 2.75) is 13.8 Å². The summed E-state index contributed by atoms with van der Waals surface area (Å²) < 4.78 is 1.67. The van der Waals surface area contributed by atoms with Gasteiger partial charge in [-0.25, -0.2) is 4.68 Å². The van der Waals surface area contributed by atoms with Gasteiger partial charge in [-0.3, -0.25) is 0 Å². The highest BCUT2D eigenvalue weighted by molar-refractivity contribution is 5.43. The number of nitrogen functional groups attached to an aromatic ring is 1. The van der Waals surface area contributed by atoms with Crippen LogP contribution in [0.2, 0.25) is 0 Å². The van der Waals surface area contributed by atoms with Gasteiger partial charge in [-0.2, -0.15) is 10.2 Å². The highest BCUT2D eigenvalue weighted by atomic mass is 15.3. The number of hydrogen-bond donors (Lipinski definition) is 1. The van der Waals surface area contributed by atoms with E-state index >= 15 is 0 Å². The molecule has 0 saturated heterocycles. The quantitative estimate of drug-likeness (QED) is 0.722. The van der Waals surface area contributed by atoms with Gasteiger partial charge in [0.25, 0.3) is 0 Å². The van der Waals surface area contributed by atoms with Crippen LogP contribution in [0.5, 0.6) is 0 Å². The minimum absolute atomic E-state index is 0.660. The van der Waals surface area contributed by atoms with Gasteiger partial charge in [0.05, 0.1) is 23.3 Å². The Kier molecular flexibility index (Phi) is 1.92. The number of nitrogens with zero attached hydrogens (tertiary/aromatic N) is 4. The summed E-state index contributed by atoms with van der Waals surface area (Å²) in [6.45, 7) is 3.78. The first-order valence-electron chi connectivity index (χ1n) is 4.29. The molecular weight excluding hydrogens is 178 g/mol. The Balaban J connectivity index is 2.49. The third kappa shape index (κ3) is 1.32. The summed E-state index contributed by atoms with van der Waals surface area (Å²) in [6.07, 6.45) is 1.61. The molecule has 0 aliphatic carbocycles. The van der Waals surface area contributed by atoms with Gasteiger partial charge in [0.2, 0.25) is 0 Å². The lowest BCUT2D eigenvalue weighted by Crippen LogP contribution is -2.03. The summed E-state index contributed by atoms with van der Waals surface area (Å²) in [5.41, 5.74) is 8.09. The van der Waals surface area contributed by atoms with Crippen molar-refractivity contribution in [2.24, 2.45) is 0 Å². The largest absolute Gasteiger partial charge is 0.396 e. The van der Waals surface area contributed by atoms with Crippen molar-refractivity contribution in [1.82, 2.24) is 20.0 Å². The van der Waals surface area contributed by atoms with Crippen LogP contribution >= 0.6 is 0 Å². The van der Waals surface area contributed by atoms with E-state index in [4.69, 9.17) is 5.73 Å². The molecule has 5 heteroatoms. The van der Waals surface area contributed by atoms with Crippen LogP contribution in [0, 0.1) is 13.8 Å². The summed E-state index contributed by atoms with van der Waals surface area (Å²) in [7, 11) is 0. The monoisotopic (exact) mass is 189 g/mol. The zero-order valence-electron chi connectivity index (χ0n) is 8.10. The Bertz CT molecular complexity index is 443. The Morgan fingerprint density at radius 1 is 1.21 bits per heavy atom. The average molecular weight is 189 g/mol. The van der Waals surface area contributed by atoms with Crippen LogP contribution in [0.3, 0.4) is 0 Å².